The molecule has 2 saturated heterocycles. The molecule has 0 aliphatic carbocycles. The summed E-state index contributed by atoms with van der Waals surface area (Å²) in [5, 5.41) is 0. The Balaban J connectivity index is 1.45. The van der Waals surface area contributed by atoms with Crippen LogP contribution in [-0.2, 0) is 11.3 Å². The lowest BCUT2D eigenvalue weighted by Gasteiger charge is -2.36. The van der Waals surface area contributed by atoms with Gasteiger partial charge in [0.15, 0.2) is 0 Å². The summed E-state index contributed by atoms with van der Waals surface area (Å²) in [6.07, 6.45) is 0.800. The van der Waals surface area contributed by atoms with E-state index in [1.54, 1.807) is 57.2 Å². The van der Waals surface area contributed by atoms with Crippen molar-refractivity contribution in [2.24, 2.45) is 0 Å². The molecular weight excluding hydrogens is 373 g/mol. The van der Waals surface area contributed by atoms with Gasteiger partial charge in [0, 0.05) is 43.0 Å². The minimum Gasteiger partial charge on any atom is -0.378 e. The van der Waals surface area contributed by atoms with Gasteiger partial charge in [0.05, 0.1) is 19.8 Å². The van der Waals surface area contributed by atoms with E-state index in [1.165, 1.54) is 6.07 Å². The van der Waals surface area contributed by atoms with E-state index in [0.717, 1.165) is 12.1 Å². The Bertz CT molecular complexity index is 881. The SMILES string of the molecule is O=C(c1ccc(N2CCCN(Cc3ccccc3F)C2=O)cc1)N1CCOCC1. The molecule has 2 aromatic rings. The number of ether oxygens (including phenoxy) is 1. The molecule has 0 radical (unpaired) electrons. The van der Waals surface area contributed by atoms with Crippen molar-refractivity contribution in [1.29, 1.82) is 0 Å². The Morgan fingerprint density at radius 1 is 0.966 bits per heavy atom. The second-order valence-electron chi connectivity index (χ2n) is 7.25. The summed E-state index contributed by atoms with van der Waals surface area (Å²) in [5.74, 6) is -0.325. The molecule has 2 aliphatic heterocycles. The summed E-state index contributed by atoms with van der Waals surface area (Å²) in [4.78, 5) is 30.7. The fourth-order valence-electron chi connectivity index (χ4n) is 3.73. The zero-order valence-electron chi connectivity index (χ0n) is 16.2. The van der Waals surface area contributed by atoms with Crippen molar-refractivity contribution in [1.82, 2.24) is 9.80 Å². The van der Waals surface area contributed by atoms with Crippen LogP contribution in [0.25, 0.3) is 0 Å². The first kappa shape index (κ1) is 19.4. The lowest BCUT2D eigenvalue weighted by Crippen LogP contribution is -2.49. The maximum atomic E-state index is 14.0. The molecule has 3 amide bonds. The van der Waals surface area contributed by atoms with Crippen LogP contribution in [0.1, 0.15) is 22.3 Å². The number of morpholine rings is 1. The van der Waals surface area contributed by atoms with Crippen molar-refractivity contribution in [3.63, 3.8) is 0 Å². The number of hydrogen-bond donors (Lipinski definition) is 0. The minimum absolute atomic E-state index is 0.0222. The first-order chi connectivity index (χ1) is 14.1. The van der Waals surface area contributed by atoms with E-state index >= 15 is 0 Å². The summed E-state index contributed by atoms with van der Waals surface area (Å²) in [7, 11) is 0. The third-order valence-corrected chi connectivity index (χ3v) is 5.35. The number of rotatable bonds is 4. The molecule has 2 aromatic carbocycles. The van der Waals surface area contributed by atoms with Crippen molar-refractivity contribution in [2.75, 3.05) is 44.3 Å². The maximum Gasteiger partial charge on any atom is 0.324 e. The van der Waals surface area contributed by atoms with E-state index in [9.17, 15) is 14.0 Å². The number of benzene rings is 2. The summed E-state index contributed by atoms with van der Waals surface area (Å²) >= 11 is 0. The molecule has 0 saturated carbocycles. The summed E-state index contributed by atoms with van der Waals surface area (Å²) in [5.41, 5.74) is 1.85. The molecule has 0 atom stereocenters. The predicted octanol–water partition coefficient (Wildman–Crippen LogP) is 3.13. The zero-order valence-corrected chi connectivity index (χ0v) is 16.2. The fourth-order valence-corrected chi connectivity index (χ4v) is 3.73. The largest absolute Gasteiger partial charge is 0.378 e. The average Bonchev–Trinajstić information content (AvgIpc) is 2.77. The van der Waals surface area contributed by atoms with Gasteiger partial charge < -0.3 is 14.5 Å². The van der Waals surface area contributed by atoms with E-state index < -0.39 is 0 Å². The molecule has 0 aromatic heterocycles. The Hall–Kier alpha value is -2.93. The van der Waals surface area contributed by atoms with Gasteiger partial charge in [-0.05, 0) is 36.8 Å². The van der Waals surface area contributed by atoms with Crippen LogP contribution in [0, 0.1) is 5.82 Å². The van der Waals surface area contributed by atoms with Gasteiger partial charge in [-0.25, -0.2) is 9.18 Å². The Morgan fingerprint density at radius 2 is 1.69 bits per heavy atom. The van der Waals surface area contributed by atoms with Crippen LogP contribution in [0.5, 0.6) is 0 Å². The van der Waals surface area contributed by atoms with Crippen LogP contribution >= 0.6 is 0 Å². The smallest absolute Gasteiger partial charge is 0.324 e. The number of carbonyl (C=O) groups is 2. The van der Waals surface area contributed by atoms with Gasteiger partial charge in [0.2, 0.25) is 0 Å². The van der Waals surface area contributed by atoms with Gasteiger partial charge in [0.25, 0.3) is 5.91 Å². The molecule has 2 aliphatic rings. The lowest BCUT2D eigenvalue weighted by atomic mass is 10.1. The van der Waals surface area contributed by atoms with E-state index in [4.69, 9.17) is 4.74 Å². The monoisotopic (exact) mass is 397 g/mol. The highest BCUT2D eigenvalue weighted by atomic mass is 19.1. The predicted molar refractivity (Wildman–Crippen MR) is 107 cm³/mol. The highest BCUT2D eigenvalue weighted by Crippen LogP contribution is 2.23. The van der Waals surface area contributed by atoms with E-state index in [1.807, 2.05) is 0 Å². The number of halogens is 1. The summed E-state index contributed by atoms with van der Waals surface area (Å²) in [6, 6.07) is 13.5. The van der Waals surface area contributed by atoms with Crippen LogP contribution in [-0.4, -0.2) is 61.1 Å². The van der Waals surface area contributed by atoms with Crippen molar-refractivity contribution in [3.8, 4) is 0 Å². The number of hydrogen-bond acceptors (Lipinski definition) is 3. The molecule has 0 unspecified atom stereocenters. The molecule has 0 spiro atoms. The number of carbonyl (C=O) groups excluding carboxylic acids is 2. The third-order valence-electron chi connectivity index (χ3n) is 5.35. The van der Waals surface area contributed by atoms with Crippen LogP contribution < -0.4 is 4.90 Å². The number of urea groups is 1. The normalized spacial score (nSPS) is 17.6. The quantitative estimate of drug-likeness (QED) is 0.797. The number of nitrogens with zero attached hydrogens (tertiary/aromatic N) is 3. The lowest BCUT2D eigenvalue weighted by molar-refractivity contribution is 0.0303. The zero-order chi connectivity index (χ0) is 20.2. The summed E-state index contributed by atoms with van der Waals surface area (Å²) in [6.45, 7) is 3.75. The molecule has 152 valence electrons. The Labute approximate surface area is 169 Å². The molecule has 2 heterocycles. The van der Waals surface area contributed by atoms with Crippen molar-refractivity contribution in [2.45, 2.75) is 13.0 Å². The topological polar surface area (TPSA) is 53.1 Å². The molecule has 0 bridgehead atoms. The van der Waals surface area contributed by atoms with Gasteiger partial charge in [-0.3, -0.25) is 9.69 Å². The number of anilines is 1. The van der Waals surface area contributed by atoms with Crippen molar-refractivity contribution >= 4 is 17.6 Å². The molecule has 6 nitrogen and oxygen atoms in total. The van der Waals surface area contributed by atoms with E-state index in [-0.39, 0.29) is 24.3 Å². The highest BCUT2D eigenvalue weighted by Gasteiger charge is 2.27. The second kappa shape index (κ2) is 8.61. The number of amides is 3. The van der Waals surface area contributed by atoms with E-state index in [0.29, 0.717) is 50.5 Å². The molecule has 29 heavy (non-hydrogen) atoms. The van der Waals surface area contributed by atoms with Crippen LogP contribution in [0.2, 0.25) is 0 Å². The first-order valence-electron chi connectivity index (χ1n) is 9.90. The Kier molecular flexibility index (Phi) is 5.76. The van der Waals surface area contributed by atoms with Crippen molar-refractivity contribution < 1.29 is 18.7 Å². The van der Waals surface area contributed by atoms with Crippen molar-refractivity contribution in [3.05, 3.63) is 65.5 Å². The van der Waals surface area contributed by atoms with Crippen LogP contribution in [0.15, 0.2) is 48.5 Å². The molecular formula is C22H24FN3O3. The van der Waals surface area contributed by atoms with Crippen LogP contribution in [0.4, 0.5) is 14.9 Å². The fraction of sp³-hybridized carbons (Fsp3) is 0.364. The van der Waals surface area contributed by atoms with Crippen LogP contribution in [0.3, 0.4) is 0 Å². The molecule has 4 rings (SSSR count). The van der Waals surface area contributed by atoms with Gasteiger partial charge in [-0.2, -0.15) is 0 Å². The summed E-state index contributed by atoms with van der Waals surface area (Å²) < 4.78 is 19.3. The van der Waals surface area contributed by atoms with Gasteiger partial charge in [0.1, 0.15) is 5.82 Å². The second-order valence-corrected chi connectivity index (χ2v) is 7.25. The van der Waals surface area contributed by atoms with Gasteiger partial charge >= 0.3 is 6.03 Å². The van der Waals surface area contributed by atoms with Gasteiger partial charge in [-0.15, -0.1) is 0 Å². The molecule has 2 fully saturated rings. The third kappa shape index (κ3) is 4.24. The average molecular weight is 397 g/mol. The maximum absolute atomic E-state index is 14.0. The Morgan fingerprint density at radius 3 is 2.41 bits per heavy atom. The van der Waals surface area contributed by atoms with E-state index in [2.05, 4.69) is 0 Å². The first-order valence-corrected chi connectivity index (χ1v) is 9.90. The minimum atomic E-state index is -0.302. The van der Waals surface area contributed by atoms with Gasteiger partial charge in [-0.1, -0.05) is 18.2 Å². The molecule has 0 N–H and O–H groups in total. The molecule has 7 heteroatoms. The highest BCUT2D eigenvalue weighted by molar-refractivity contribution is 5.96. The standard InChI is InChI=1S/C22H24FN3O3/c23-20-5-2-1-4-18(20)16-25-10-3-11-26(22(25)28)19-8-6-17(7-9-19)21(27)24-12-14-29-15-13-24/h1-2,4-9H,3,10-16H2.